The molecule has 0 fully saturated rings. The average molecular weight is 235 g/mol. The summed E-state index contributed by atoms with van der Waals surface area (Å²) in [6, 6.07) is 11.8. The van der Waals surface area contributed by atoms with Gasteiger partial charge in [0.15, 0.2) is 0 Å². The third-order valence-corrected chi connectivity index (χ3v) is 4.61. The Balaban J connectivity index is 2.72. The topological polar surface area (TPSA) is 40.9 Å². The summed E-state index contributed by atoms with van der Waals surface area (Å²) in [7, 11) is -0.918. The maximum absolute atomic E-state index is 11.9. The molecule has 0 aromatic heterocycles. The zero-order chi connectivity index (χ0) is 12.0. The Morgan fingerprint density at radius 3 is 2.50 bits per heavy atom. The first-order valence-corrected chi connectivity index (χ1v) is 6.89. The lowest BCUT2D eigenvalue weighted by Gasteiger charge is -2.12. The van der Waals surface area contributed by atoms with Crippen LogP contribution in [0.4, 0.5) is 0 Å². The van der Waals surface area contributed by atoms with E-state index in [-0.39, 0.29) is 11.2 Å². The molecule has 0 radical (unpaired) electrons. The van der Waals surface area contributed by atoms with Crippen molar-refractivity contribution in [1.29, 1.82) is 5.26 Å². The zero-order valence-electron chi connectivity index (χ0n) is 9.72. The zero-order valence-corrected chi connectivity index (χ0v) is 10.5. The minimum absolute atomic E-state index is 0.166. The van der Waals surface area contributed by atoms with E-state index in [1.165, 1.54) is 0 Å². The van der Waals surface area contributed by atoms with Gasteiger partial charge in [0.05, 0.1) is 12.0 Å². The van der Waals surface area contributed by atoms with Gasteiger partial charge < -0.3 is 0 Å². The Hall–Kier alpha value is -1.14. The van der Waals surface area contributed by atoms with Gasteiger partial charge in [-0.05, 0) is 12.0 Å². The van der Waals surface area contributed by atoms with Crippen LogP contribution in [0.3, 0.4) is 0 Å². The van der Waals surface area contributed by atoms with E-state index in [2.05, 4.69) is 6.07 Å². The smallest absolute Gasteiger partial charge is 0.0827 e. The lowest BCUT2D eigenvalue weighted by molar-refractivity contribution is 0.667. The van der Waals surface area contributed by atoms with Crippen molar-refractivity contribution in [3.05, 3.63) is 35.9 Å². The average Bonchev–Trinajstić information content (AvgIpc) is 2.35. The van der Waals surface area contributed by atoms with Gasteiger partial charge in [-0.1, -0.05) is 44.2 Å². The number of benzene rings is 1. The molecule has 0 N–H and O–H groups in total. The van der Waals surface area contributed by atoms with Gasteiger partial charge in [0, 0.05) is 21.8 Å². The Labute approximate surface area is 99.8 Å². The molecule has 16 heavy (non-hydrogen) atoms. The maximum Gasteiger partial charge on any atom is 0.0827 e. The SMILES string of the molecule is CCC(C)S(=O)CC(C#N)c1ccccc1. The first kappa shape index (κ1) is 12.9. The van der Waals surface area contributed by atoms with E-state index < -0.39 is 10.8 Å². The summed E-state index contributed by atoms with van der Waals surface area (Å²) in [6.45, 7) is 3.99. The normalized spacial score (nSPS) is 16.1. The summed E-state index contributed by atoms with van der Waals surface area (Å²) in [6.07, 6.45) is 0.888. The van der Waals surface area contributed by atoms with Crippen LogP contribution in [0.25, 0.3) is 0 Å². The van der Waals surface area contributed by atoms with Gasteiger partial charge in [0.2, 0.25) is 0 Å². The summed E-state index contributed by atoms with van der Waals surface area (Å²) in [5.41, 5.74) is 0.960. The minimum atomic E-state index is -0.918. The quantitative estimate of drug-likeness (QED) is 0.787. The highest BCUT2D eigenvalue weighted by atomic mass is 32.2. The molecule has 1 aromatic carbocycles. The Morgan fingerprint density at radius 1 is 1.38 bits per heavy atom. The van der Waals surface area contributed by atoms with Gasteiger partial charge >= 0.3 is 0 Å². The van der Waals surface area contributed by atoms with Crippen molar-refractivity contribution in [3.63, 3.8) is 0 Å². The molecule has 0 aliphatic carbocycles. The number of hydrogen-bond donors (Lipinski definition) is 0. The van der Waals surface area contributed by atoms with Gasteiger partial charge in [-0.3, -0.25) is 4.21 Å². The van der Waals surface area contributed by atoms with E-state index in [4.69, 9.17) is 5.26 Å². The Kier molecular flexibility index (Phi) is 5.21. The molecule has 3 heteroatoms. The molecular formula is C13H17NOS. The van der Waals surface area contributed by atoms with E-state index in [1.54, 1.807) is 0 Å². The molecule has 0 saturated heterocycles. The molecular weight excluding hydrogens is 218 g/mol. The van der Waals surface area contributed by atoms with Crippen LogP contribution >= 0.6 is 0 Å². The molecule has 0 aliphatic heterocycles. The van der Waals surface area contributed by atoms with Crippen LogP contribution < -0.4 is 0 Å². The highest BCUT2D eigenvalue weighted by Gasteiger charge is 2.17. The van der Waals surface area contributed by atoms with Crippen LogP contribution in [0, 0.1) is 11.3 Å². The van der Waals surface area contributed by atoms with Crippen LogP contribution in [0.5, 0.6) is 0 Å². The van der Waals surface area contributed by atoms with Gasteiger partial charge in [0.25, 0.3) is 0 Å². The molecule has 86 valence electrons. The van der Waals surface area contributed by atoms with E-state index in [9.17, 15) is 4.21 Å². The summed E-state index contributed by atoms with van der Waals surface area (Å²) in [5, 5.41) is 9.26. The van der Waals surface area contributed by atoms with Crippen LogP contribution in [0.2, 0.25) is 0 Å². The molecule has 1 aromatic rings. The summed E-state index contributed by atoms with van der Waals surface area (Å²) in [5.74, 6) is 0.186. The maximum atomic E-state index is 11.9. The largest absolute Gasteiger partial charge is 0.259 e. The van der Waals surface area contributed by atoms with Crippen LogP contribution in [0.1, 0.15) is 31.7 Å². The molecule has 1 rings (SSSR count). The second-order valence-corrected chi connectivity index (χ2v) is 5.76. The summed E-state index contributed by atoms with van der Waals surface area (Å²) >= 11 is 0. The Bertz CT molecular complexity index is 383. The molecule has 0 spiro atoms. The number of hydrogen-bond acceptors (Lipinski definition) is 2. The fourth-order valence-electron chi connectivity index (χ4n) is 1.41. The van der Waals surface area contributed by atoms with E-state index in [0.29, 0.717) is 5.75 Å². The molecule has 2 nitrogen and oxygen atoms in total. The first-order valence-electron chi connectivity index (χ1n) is 5.50. The third kappa shape index (κ3) is 3.46. The number of nitriles is 1. The molecule has 0 aliphatic rings. The van der Waals surface area contributed by atoms with E-state index in [1.807, 2.05) is 44.2 Å². The van der Waals surface area contributed by atoms with Crippen molar-refractivity contribution < 1.29 is 4.21 Å². The molecule has 3 unspecified atom stereocenters. The molecule has 3 atom stereocenters. The second kappa shape index (κ2) is 6.44. The van der Waals surface area contributed by atoms with Gasteiger partial charge in [-0.25, -0.2) is 0 Å². The molecule has 0 heterocycles. The predicted molar refractivity (Wildman–Crippen MR) is 67.6 cm³/mol. The van der Waals surface area contributed by atoms with Crippen LogP contribution in [-0.4, -0.2) is 15.2 Å². The van der Waals surface area contributed by atoms with Gasteiger partial charge in [-0.2, -0.15) is 5.26 Å². The highest BCUT2D eigenvalue weighted by Crippen LogP contribution is 2.17. The highest BCUT2D eigenvalue weighted by molar-refractivity contribution is 7.85. The fraction of sp³-hybridized carbons (Fsp3) is 0.462. The monoisotopic (exact) mass is 235 g/mol. The lowest BCUT2D eigenvalue weighted by atomic mass is 10.0. The van der Waals surface area contributed by atoms with Crippen LogP contribution in [-0.2, 0) is 10.8 Å². The predicted octanol–water partition coefficient (Wildman–Crippen LogP) is 2.84. The molecule has 0 bridgehead atoms. The fourth-order valence-corrected chi connectivity index (χ4v) is 2.70. The number of rotatable bonds is 5. The second-order valence-electron chi connectivity index (χ2n) is 3.86. The molecule has 0 amide bonds. The van der Waals surface area contributed by atoms with Gasteiger partial charge in [0.1, 0.15) is 0 Å². The van der Waals surface area contributed by atoms with Crippen molar-refractivity contribution in [2.75, 3.05) is 5.75 Å². The summed E-state index contributed by atoms with van der Waals surface area (Å²) in [4.78, 5) is 0. The Morgan fingerprint density at radius 2 is 2.00 bits per heavy atom. The van der Waals surface area contributed by atoms with E-state index >= 15 is 0 Å². The van der Waals surface area contributed by atoms with Crippen molar-refractivity contribution in [3.8, 4) is 6.07 Å². The van der Waals surface area contributed by atoms with Crippen molar-refractivity contribution >= 4 is 10.8 Å². The van der Waals surface area contributed by atoms with Crippen molar-refractivity contribution in [1.82, 2.24) is 0 Å². The number of nitrogens with zero attached hydrogens (tertiary/aromatic N) is 1. The van der Waals surface area contributed by atoms with Crippen LogP contribution in [0.15, 0.2) is 30.3 Å². The third-order valence-electron chi connectivity index (χ3n) is 2.71. The van der Waals surface area contributed by atoms with E-state index in [0.717, 1.165) is 12.0 Å². The van der Waals surface area contributed by atoms with Crippen molar-refractivity contribution in [2.24, 2.45) is 0 Å². The van der Waals surface area contributed by atoms with Crippen molar-refractivity contribution in [2.45, 2.75) is 31.4 Å². The van der Waals surface area contributed by atoms with Gasteiger partial charge in [-0.15, -0.1) is 0 Å². The molecule has 0 saturated carbocycles. The first-order chi connectivity index (χ1) is 7.69. The standard InChI is InChI=1S/C13H17NOS/c1-3-11(2)16(15)10-13(9-14)12-7-5-4-6-8-12/h4-8,11,13H,3,10H2,1-2H3. The summed E-state index contributed by atoms with van der Waals surface area (Å²) < 4.78 is 11.9. The lowest BCUT2D eigenvalue weighted by Crippen LogP contribution is -2.17. The minimum Gasteiger partial charge on any atom is -0.259 e.